The van der Waals surface area contributed by atoms with Crippen LogP contribution in [0.15, 0.2) is 30.5 Å². The Morgan fingerprint density at radius 2 is 1.70 bits per heavy atom. The minimum Gasteiger partial charge on any atom is -0.453 e. The summed E-state index contributed by atoms with van der Waals surface area (Å²) in [4.78, 5) is 59.4. The van der Waals surface area contributed by atoms with E-state index < -0.39 is 35.8 Å². The number of carbonyl (C=O) groups excluding carboxylic acids is 4. The van der Waals surface area contributed by atoms with Crippen molar-refractivity contribution in [3.8, 4) is 0 Å². The molecule has 236 valence electrons. The Kier molecular flexibility index (Phi) is 9.57. The Morgan fingerprint density at radius 1 is 1.00 bits per heavy atom. The Hall–Kier alpha value is -4.73. The van der Waals surface area contributed by atoms with Crippen molar-refractivity contribution >= 4 is 41.2 Å². The highest BCUT2D eigenvalue weighted by molar-refractivity contribution is 5.96. The van der Waals surface area contributed by atoms with E-state index in [1.807, 2.05) is 0 Å². The molecule has 3 aliphatic rings. The first-order valence-corrected chi connectivity index (χ1v) is 14.1. The number of nitrogens with one attached hydrogen (secondary N) is 2. The number of piperazine rings is 1. The van der Waals surface area contributed by atoms with Crippen LogP contribution in [0.2, 0.25) is 0 Å². The van der Waals surface area contributed by atoms with Crippen LogP contribution in [-0.2, 0) is 19.0 Å². The second kappa shape index (κ2) is 13.7. The largest absolute Gasteiger partial charge is 0.453 e. The summed E-state index contributed by atoms with van der Waals surface area (Å²) in [5.41, 5.74) is 0.0352. The summed E-state index contributed by atoms with van der Waals surface area (Å²) in [6.45, 7) is 3.11. The number of hydrogen-bond acceptors (Lipinski definition) is 10. The molecule has 0 spiro atoms. The quantitative estimate of drug-likeness (QED) is 0.439. The predicted molar refractivity (Wildman–Crippen MR) is 153 cm³/mol. The second-order valence-electron chi connectivity index (χ2n) is 10.3. The van der Waals surface area contributed by atoms with E-state index in [1.165, 1.54) is 23.1 Å². The number of amides is 4. The summed E-state index contributed by atoms with van der Waals surface area (Å²) in [5.74, 6) is -1.75. The fourth-order valence-corrected chi connectivity index (χ4v) is 5.17. The number of aromatic nitrogens is 1. The zero-order chi connectivity index (χ0) is 31.2. The van der Waals surface area contributed by atoms with Crippen molar-refractivity contribution in [2.45, 2.75) is 6.10 Å². The standard InChI is InChI=1S/C28H33F2N7O7/c1-42-27(40)33-15-20-17-37(28(41)44-20)19-12-21(29)25(22(30)13-19)36-6-4-35(5-7-36)24(38)16-32-26(39)18-2-3-23(31-14-18)34-8-10-43-11-9-34/h2-3,12-14,20H,4-11,15-17H2,1H3,(H,32,39)(H,33,40). The molecule has 4 amide bonds. The number of benzene rings is 1. The average molecular weight is 618 g/mol. The number of halogens is 2. The van der Waals surface area contributed by atoms with Gasteiger partial charge >= 0.3 is 12.2 Å². The first-order chi connectivity index (χ1) is 21.2. The lowest BCUT2D eigenvalue weighted by Crippen LogP contribution is -2.51. The zero-order valence-corrected chi connectivity index (χ0v) is 24.1. The van der Waals surface area contributed by atoms with Gasteiger partial charge in [0.15, 0.2) is 11.6 Å². The summed E-state index contributed by atoms with van der Waals surface area (Å²) < 4.78 is 45.3. The van der Waals surface area contributed by atoms with Crippen LogP contribution in [0.1, 0.15) is 10.4 Å². The van der Waals surface area contributed by atoms with Gasteiger partial charge in [-0.15, -0.1) is 0 Å². The lowest BCUT2D eigenvalue weighted by Gasteiger charge is -2.36. The number of nitrogens with zero attached hydrogens (tertiary/aromatic N) is 5. The van der Waals surface area contributed by atoms with Gasteiger partial charge < -0.3 is 39.5 Å². The minimum absolute atomic E-state index is 0.0192. The van der Waals surface area contributed by atoms with Crippen molar-refractivity contribution < 1.29 is 42.2 Å². The summed E-state index contributed by atoms with van der Waals surface area (Å²) in [6.07, 6.45) is -0.755. The number of anilines is 3. The van der Waals surface area contributed by atoms with E-state index >= 15 is 8.78 Å². The molecule has 0 aliphatic carbocycles. The highest BCUT2D eigenvalue weighted by Crippen LogP contribution is 2.31. The van der Waals surface area contributed by atoms with Gasteiger partial charge in [-0.1, -0.05) is 0 Å². The molecule has 5 rings (SSSR count). The molecule has 2 N–H and O–H groups in total. The molecule has 1 atom stereocenters. The summed E-state index contributed by atoms with van der Waals surface area (Å²) in [5, 5.41) is 5.02. The fraction of sp³-hybridized carbons (Fsp3) is 0.464. The monoisotopic (exact) mass is 617 g/mol. The van der Waals surface area contributed by atoms with Gasteiger partial charge in [0, 0.05) is 57.6 Å². The number of pyridine rings is 1. The minimum atomic E-state index is -0.871. The third-order valence-corrected chi connectivity index (χ3v) is 7.54. The lowest BCUT2D eigenvalue weighted by molar-refractivity contribution is -0.130. The Balaban J connectivity index is 1.10. The van der Waals surface area contributed by atoms with E-state index in [-0.39, 0.29) is 63.1 Å². The lowest BCUT2D eigenvalue weighted by atomic mass is 10.2. The maximum Gasteiger partial charge on any atom is 0.414 e. The van der Waals surface area contributed by atoms with Gasteiger partial charge in [-0.25, -0.2) is 23.4 Å². The van der Waals surface area contributed by atoms with Crippen molar-refractivity contribution in [3.63, 3.8) is 0 Å². The van der Waals surface area contributed by atoms with Crippen molar-refractivity contribution in [2.75, 3.05) is 93.9 Å². The number of ether oxygens (including phenoxy) is 3. The van der Waals surface area contributed by atoms with Gasteiger partial charge in [0.25, 0.3) is 5.91 Å². The zero-order valence-electron chi connectivity index (χ0n) is 24.1. The van der Waals surface area contributed by atoms with E-state index in [2.05, 4.69) is 25.3 Å². The van der Waals surface area contributed by atoms with Gasteiger partial charge in [0.2, 0.25) is 5.91 Å². The van der Waals surface area contributed by atoms with E-state index in [0.717, 1.165) is 35.9 Å². The summed E-state index contributed by atoms with van der Waals surface area (Å²) in [7, 11) is 1.19. The molecule has 3 aliphatic heterocycles. The molecule has 1 unspecified atom stereocenters. The third-order valence-electron chi connectivity index (χ3n) is 7.54. The van der Waals surface area contributed by atoms with Crippen LogP contribution in [0.25, 0.3) is 0 Å². The third kappa shape index (κ3) is 7.07. The Labute approximate surface area is 251 Å². The Bertz CT molecular complexity index is 1360. The van der Waals surface area contributed by atoms with Crippen LogP contribution in [0.3, 0.4) is 0 Å². The van der Waals surface area contributed by atoms with Crippen LogP contribution in [0.5, 0.6) is 0 Å². The molecule has 0 bridgehead atoms. The topological polar surface area (TPSA) is 146 Å². The molecule has 4 heterocycles. The Morgan fingerprint density at radius 3 is 2.34 bits per heavy atom. The van der Waals surface area contributed by atoms with Crippen LogP contribution < -0.4 is 25.3 Å². The van der Waals surface area contributed by atoms with Crippen molar-refractivity contribution in [3.05, 3.63) is 47.7 Å². The molecule has 16 heteroatoms. The van der Waals surface area contributed by atoms with Crippen LogP contribution >= 0.6 is 0 Å². The molecule has 0 saturated carbocycles. The molecule has 1 aromatic heterocycles. The highest BCUT2D eigenvalue weighted by Gasteiger charge is 2.34. The molecule has 2 aromatic rings. The normalized spacial score (nSPS) is 18.6. The molecule has 3 fully saturated rings. The number of rotatable bonds is 8. The molecule has 14 nitrogen and oxygen atoms in total. The van der Waals surface area contributed by atoms with E-state index in [4.69, 9.17) is 9.47 Å². The van der Waals surface area contributed by atoms with Crippen molar-refractivity contribution in [1.82, 2.24) is 20.5 Å². The number of cyclic esters (lactones) is 1. The molecular weight excluding hydrogens is 584 g/mol. The molecular formula is C28H33F2N7O7. The van der Waals surface area contributed by atoms with E-state index in [0.29, 0.717) is 18.8 Å². The first kappa shape index (κ1) is 30.7. The number of methoxy groups -OCH3 is 1. The number of alkyl carbamates (subject to hydrolysis) is 1. The van der Waals surface area contributed by atoms with Crippen LogP contribution in [0, 0.1) is 11.6 Å². The summed E-state index contributed by atoms with van der Waals surface area (Å²) >= 11 is 0. The van der Waals surface area contributed by atoms with E-state index in [1.54, 1.807) is 12.1 Å². The van der Waals surface area contributed by atoms with Gasteiger partial charge in [-0.2, -0.15) is 0 Å². The highest BCUT2D eigenvalue weighted by atomic mass is 19.1. The number of morpholine rings is 1. The SMILES string of the molecule is COC(=O)NCC1CN(c2cc(F)c(N3CCN(C(=O)CNC(=O)c4ccc(N5CCOCC5)nc4)CC3)c(F)c2)C(=O)O1. The molecule has 44 heavy (non-hydrogen) atoms. The van der Waals surface area contributed by atoms with Crippen LogP contribution in [0.4, 0.5) is 35.6 Å². The first-order valence-electron chi connectivity index (χ1n) is 14.1. The average Bonchev–Trinajstić information content (AvgIpc) is 3.43. The number of hydrogen-bond donors (Lipinski definition) is 2. The number of carbonyl (C=O) groups is 4. The second-order valence-corrected chi connectivity index (χ2v) is 10.3. The smallest absolute Gasteiger partial charge is 0.414 e. The van der Waals surface area contributed by atoms with Gasteiger partial charge in [0.05, 0.1) is 51.2 Å². The van der Waals surface area contributed by atoms with Gasteiger partial charge in [-0.3, -0.25) is 14.5 Å². The summed E-state index contributed by atoms with van der Waals surface area (Å²) in [6, 6.07) is 5.50. The van der Waals surface area contributed by atoms with Crippen molar-refractivity contribution in [1.29, 1.82) is 0 Å². The maximum atomic E-state index is 15.2. The van der Waals surface area contributed by atoms with Gasteiger partial charge in [-0.05, 0) is 12.1 Å². The molecule has 0 radical (unpaired) electrons. The van der Waals surface area contributed by atoms with Gasteiger partial charge in [0.1, 0.15) is 17.6 Å². The fourth-order valence-electron chi connectivity index (χ4n) is 5.17. The maximum absolute atomic E-state index is 15.2. The molecule has 3 saturated heterocycles. The van der Waals surface area contributed by atoms with Crippen LogP contribution in [-0.4, -0.2) is 119 Å². The molecule has 1 aromatic carbocycles. The van der Waals surface area contributed by atoms with Crippen molar-refractivity contribution in [2.24, 2.45) is 0 Å². The predicted octanol–water partition coefficient (Wildman–Crippen LogP) is 0.956. The van der Waals surface area contributed by atoms with E-state index in [9.17, 15) is 19.2 Å².